The number of nitrogens with one attached hydrogen (secondary N) is 1. The van der Waals surface area contributed by atoms with Crippen molar-refractivity contribution >= 4 is 23.1 Å². The number of halogens is 1. The third kappa shape index (κ3) is 2.08. The first-order valence-electron chi connectivity index (χ1n) is 5.76. The molecule has 0 unspecified atom stereocenters. The van der Waals surface area contributed by atoms with Gasteiger partial charge in [0.1, 0.15) is 5.82 Å². The molecule has 0 aliphatic rings. The molecule has 0 aliphatic heterocycles. The number of benzene rings is 1. The molecule has 0 bridgehead atoms. The van der Waals surface area contributed by atoms with Gasteiger partial charge in [-0.1, -0.05) is 0 Å². The Labute approximate surface area is 108 Å². The monoisotopic (exact) mass is 257 g/mol. The number of imidazole rings is 1. The van der Waals surface area contributed by atoms with Crippen LogP contribution in [0.5, 0.6) is 0 Å². The molecule has 3 N–H and O–H groups in total. The van der Waals surface area contributed by atoms with Crippen LogP contribution >= 0.6 is 0 Å². The zero-order chi connectivity index (χ0) is 13.4. The van der Waals surface area contributed by atoms with Gasteiger partial charge in [-0.15, -0.1) is 0 Å². The summed E-state index contributed by atoms with van der Waals surface area (Å²) in [5.41, 5.74) is 7.95. The molecule has 0 aliphatic carbocycles. The molecule has 3 rings (SSSR count). The van der Waals surface area contributed by atoms with E-state index in [2.05, 4.69) is 15.1 Å². The van der Waals surface area contributed by atoms with E-state index in [-0.39, 0.29) is 5.82 Å². The Morgan fingerprint density at radius 1 is 1.47 bits per heavy atom. The van der Waals surface area contributed by atoms with Crippen molar-refractivity contribution in [2.45, 2.75) is 6.92 Å². The molecule has 0 saturated heterocycles. The van der Waals surface area contributed by atoms with Crippen molar-refractivity contribution in [3.05, 3.63) is 47.7 Å². The van der Waals surface area contributed by atoms with Gasteiger partial charge in [-0.25, -0.2) is 14.1 Å². The number of aromatic nitrogens is 3. The minimum atomic E-state index is -0.302. The van der Waals surface area contributed by atoms with Gasteiger partial charge in [0.25, 0.3) is 0 Å². The Morgan fingerprint density at radius 2 is 2.32 bits per heavy atom. The fraction of sp³-hybridized carbons (Fsp3) is 0.0769. The van der Waals surface area contributed by atoms with Gasteiger partial charge in [0.05, 0.1) is 23.6 Å². The minimum absolute atomic E-state index is 0.299. The van der Waals surface area contributed by atoms with E-state index in [9.17, 15) is 4.39 Å². The van der Waals surface area contributed by atoms with Crippen LogP contribution in [-0.2, 0) is 0 Å². The molecule has 0 atom stereocenters. The summed E-state index contributed by atoms with van der Waals surface area (Å²) in [5, 5.41) is 4.99. The number of hydrogen-bond acceptors (Lipinski definition) is 3. The highest BCUT2D eigenvalue weighted by Gasteiger charge is 2.04. The second-order valence-electron chi connectivity index (χ2n) is 4.27. The summed E-state index contributed by atoms with van der Waals surface area (Å²) >= 11 is 0. The number of aryl methyl sites for hydroxylation is 1. The molecule has 19 heavy (non-hydrogen) atoms. The SMILES string of the molecule is Cc1cn(N=Cc2cc(F)cc3cc[nH]c23)c(N)n1. The molecule has 0 saturated carbocycles. The topological polar surface area (TPSA) is 72.0 Å². The standard InChI is InChI=1S/C13H12FN5/c1-8-7-19(13(15)18-8)17-6-10-5-11(14)4-9-2-3-16-12(9)10/h2-7,16H,1H3,(H2,15,18). The van der Waals surface area contributed by atoms with E-state index in [1.165, 1.54) is 16.8 Å². The number of H-pyrrole nitrogens is 1. The summed E-state index contributed by atoms with van der Waals surface area (Å²) in [6.45, 7) is 1.83. The second-order valence-corrected chi connectivity index (χ2v) is 4.27. The molecule has 0 fully saturated rings. The molecular weight excluding hydrogens is 245 g/mol. The van der Waals surface area contributed by atoms with Crippen molar-refractivity contribution in [2.24, 2.45) is 5.10 Å². The largest absolute Gasteiger partial charge is 0.368 e. The summed E-state index contributed by atoms with van der Waals surface area (Å²) in [6.07, 6.45) is 5.02. The van der Waals surface area contributed by atoms with Crippen molar-refractivity contribution in [1.82, 2.24) is 14.6 Å². The van der Waals surface area contributed by atoms with E-state index in [1.54, 1.807) is 18.6 Å². The van der Waals surface area contributed by atoms with Crippen LogP contribution in [0.15, 0.2) is 35.7 Å². The maximum Gasteiger partial charge on any atom is 0.221 e. The van der Waals surface area contributed by atoms with Crippen LogP contribution in [0, 0.1) is 12.7 Å². The first kappa shape index (κ1) is 11.5. The van der Waals surface area contributed by atoms with Crippen molar-refractivity contribution in [2.75, 3.05) is 5.73 Å². The normalized spacial score (nSPS) is 11.7. The summed E-state index contributed by atoms with van der Waals surface area (Å²) in [7, 11) is 0. The molecule has 96 valence electrons. The summed E-state index contributed by atoms with van der Waals surface area (Å²) in [5.74, 6) is -0.00350. The van der Waals surface area contributed by atoms with E-state index < -0.39 is 0 Å². The quantitative estimate of drug-likeness (QED) is 0.691. The highest BCUT2D eigenvalue weighted by atomic mass is 19.1. The van der Waals surface area contributed by atoms with Crippen LogP contribution in [0.3, 0.4) is 0 Å². The molecule has 1 aromatic carbocycles. The Morgan fingerprint density at radius 3 is 3.05 bits per heavy atom. The molecule has 5 nitrogen and oxygen atoms in total. The summed E-state index contributed by atoms with van der Waals surface area (Å²) in [4.78, 5) is 7.10. The predicted molar refractivity (Wildman–Crippen MR) is 72.6 cm³/mol. The van der Waals surface area contributed by atoms with Gasteiger partial charge < -0.3 is 10.7 Å². The van der Waals surface area contributed by atoms with Crippen LogP contribution in [0.2, 0.25) is 0 Å². The average Bonchev–Trinajstić information content (AvgIpc) is 2.92. The van der Waals surface area contributed by atoms with Crippen LogP contribution in [-0.4, -0.2) is 20.9 Å². The predicted octanol–water partition coefficient (Wildman–Crippen LogP) is 2.28. The maximum atomic E-state index is 13.5. The van der Waals surface area contributed by atoms with E-state index in [4.69, 9.17) is 5.73 Å². The molecule has 2 aromatic heterocycles. The third-order valence-electron chi connectivity index (χ3n) is 2.81. The molecular formula is C13H12FN5. The number of fused-ring (bicyclic) bond motifs is 1. The first-order valence-corrected chi connectivity index (χ1v) is 5.76. The molecule has 0 radical (unpaired) electrons. The van der Waals surface area contributed by atoms with Crippen LogP contribution in [0.25, 0.3) is 10.9 Å². The summed E-state index contributed by atoms with van der Waals surface area (Å²) in [6, 6.07) is 4.70. The van der Waals surface area contributed by atoms with Crippen molar-refractivity contribution in [3.63, 3.8) is 0 Å². The van der Waals surface area contributed by atoms with E-state index in [1.807, 2.05) is 13.0 Å². The van der Waals surface area contributed by atoms with Crippen LogP contribution in [0.1, 0.15) is 11.3 Å². The van der Waals surface area contributed by atoms with Gasteiger partial charge >= 0.3 is 0 Å². The zero-order valence-electron chi connectivity index (χ0n) is 10.3. The molecule has 6 heteroatoms. The van der Waals surface area contributed by atoms with Gasteiger partial charge in [0.2, 0.25) is 5.95 Å². The molecule has 0 amide bonds. The first-order chi connectivity index (χ1) is 9.13. The highest BCUT2D eigenvalue weighted by molar-refractivity contribution is 5.97. The zero-order valence-corrected chi connectivity index (χ0v) is 10.3. The molecule has 2 heterocycles. The number of nitrogen functional groups attached to an aromatic ring is 1. The smallest absolute Gasteiger partial charge is 0.221 e. The number of nitrogens with zero attached hydrogens (tertiary/aromatic N) is 3. The van der Waals surface area contributed by atoms with E-state index in [0.717, 1.165) is 16.6 Å². The minimum Gasteiger partial charge on any atom is -0.368 e. The average molecular weight is 257 g/mol. The summed E-state index contributed by atoms with van der Waals surface area (Å²) < 4.78 is 14.9. The number of nitrogens with two attached hydrogens (primary N) is 1. The van der Waals surface area contributed by atoms with Crippen molar-refractivity contribution < 1.29 is 4.39 Å². The lowest BCUT2D eigenvalue weighted by molar-refractivity contribution is 0.629. The fourth-order valence-corrected chi connectivity index (χ4v) is 1.99. The van der Waals surface area contributed by atoms with E-state index in [0.29, 0.717) is 11.5 Å². The third-order valence-corrected chi connectivity index (χ3v) is 2.81. The van der Waals surface area contributed by atoms with Gasteiger partial charge in [0.15, 0.2) is 0 Å². The second kappa shape index (κ2) is 4.24. The lowest BCUT2D eigenvalue weighted by Gasteiger charge is -1.99. The van der Waals surface area contributed by atoms with Gasteiger partial charge in [-0.05, 0) is 25.1 Å². The maximum absolute atomic E-state index is 13.5. The Kier molecular flexibility index (Phi) is 2.56. The highest BCUT2D eigenvalue weighted by Crippen LogP contribution is 2.18. The Bertz CT molecular complexity index is 769. The molecule has 3 aromatic rings. The lowest BCUT2D eigenvalue weighted by Crippen LogP contribution is -1.97. The van der Waals surface area contributed by atoms with Gasteiger partial charge in [-0.3, -0.25) is 0 Å². The molecule has 0 spiro atoms. The van der Waals surface area contributed by atoms with Crippen molar-refractivity contribution in [1.29, 1.82) is 0 Å². The Hall–Kier alpha value is -2.63. The van der Waals surface area contributed by atoms with Crippen LogP contribution < -0.4 is 5.73 Å². The lowest BCUT2D eigenvalue weighted by atomic mass is 10.1. The van der Waals surface area contributed by atoms with Crippen molar-refractivity contribution in [3.8, 4) is 0 Å². The van der Waals surface area contributed by atoms with Crippen LogP contribution in [0.4, 0.5) is 10.3 Å². The van der Waals surface area contributed by atoms with Gasteiger partial charge in [-0.2, -0.15) is 5.10 Å². The van der Waals surface area contributed by atoms with E-state index >= 15 is 0 Å². The number of aromatic amines is 1. The van der Waals surface area contributed by atoms with Gasteiger partial charge in [0, 0.05) is 17.1 Å². The number of hydrogen-bond donors (Lipinski definition) is 2. The number of anilines is 1. The fourth-order valence-electron chi connectivity index (χ4n) is 1.99. The number of rotatable bonds is 2. The Balaban J connectivity index is 2.05.